The molecule has 3 unspecified atom stereocenters. The minimum absolute atomic E-state index is 0.127. The molecule has 2 rings (SSSR count). The van der Waals surface area contributed by atoms with Crippen molar-refractivity contribution < 1.29 is 9.13 Å². The number of hydrogen-bond acceptors (Lipinski definition) is 2. The van der Waals surface area contributed by atoms with Gasteiger partial charge in [-0.1, -0.05) is 27.2 Å². The number of hydrogen-bond donors (Lipinski definition) is 1. The van der Waals surface area contributed by atoms with Gasteiger partial charge in [-0.3, -0.25) is 0 Å². The lowest BCUT2D eigenvalue weighted by atomic mass is 9.75. The minimum Gasteiger partial charge on any atom is -0.488 e. The minimum atomic E-state index is -0.334. The highest BCUT2D eigenvalue weighted by Gasteiger charge is 2.32. The average molecular weight is 344 g/mol. The lowest BCUT2D eigenvalue weighted by Gasteiger charge is -2.37. The van der Waals surface area contributed by atoms with Gasteiger partial charge in [0.15, 0.2) is 0 Å². The fourth-order valence-electron chi connectivity index (χ4n) is 3.06. The van der Waals surface area contributed by atoms with Gasteiger partial charge in [0.25, 0.3) is 0 Å². The van der Waals surface area contributed by atoms with Crippen LogP contribution < -0.4 is 10.5 Å². The Labute approximate surface area is 129 Å². The van der Waals surface area contributed by atoms with E-state index in [0.717, 1.165) is 6.42 Å². The van der Waals surface area contributed by atoms with Crippen LogP contribution in [0.3, 0.4) is 0 Å². The summed E-state index contributed by atoms with van der Waals surface area (Å²) in [6.45, 7) is 6.70. The summed E-state index contributed by atoms with van der Waals surface area (Å²) >= 11 is 3.14. The summed E-state index contributed by atoms with van der Waals surface area (Å²) in [7, 11) is 0. The third-order valence-corrected chi connectivity index (χ3v) is 4.90. The van der Waals surface area contributed by atoms with Crippen LogP contribution in [0, 0.1) is 23.6 Å². The number of nitrogens with two attached hydrogens (primary N) is 1. The fraction of sp³-hybridized carbons (Fsp3) is 0.625. The van der Waals surface area contributed by atoms with Crippen molar-refractivity contribution in [3.63, 3.8) is 0 Å². The van der Waals surface area contributed by atoms with Crippen molar-refractivity contribution in [2.75, 3.05) is 5.73 Å². The molecule has 1 saturated carbocycles. The summed E-state index contributed by atoms with van der Waals surface area (Å²) in [6.07, 6.45) is 3.55. The maximum Gasteiger partial charge on any atom is 0.145 e. The van der Waals surface area contributed by atoms with Crippen molar-refractivity contribution in [3.05, 3.63) is 22.4 Å². The van der Waals surface area contributed by atoms with Crippen LogP contribution in [0.5, 0.6) is 5.75 Å². The summed E-state index contributed by atoms with van der Waals surface area (Å²) in [5.74, 6) is 1.86. The molecule has 1 aromatic rings. The van der Waals surface area contributed by atoms with Gasteiger partial charge in [0.2, 0.25) is 0 Å². The second-order valence-corrected chi connectivity index (χ2v) is 7.14. The van der Waals surface area contributed by atoms with Crippen LogP contribution in [0.2, 0.25) is 0 Å². The zero-order valence-electron chi connectivity index (χ0n) is 12.3. The molecule has 2 N–H and O–H groups in total. The van der Waals surface area contributed by atoms with Gasteiger partial charge in [-0.2, -0.15) is 0 Å². The van der Waals surface area contributed by atoms with Crippen molar-refractivity contribution >= 4 is 21.6 Å². The second kappa shape index (κ2) is 6.33. The second-order valence-electron chi connectivity index (χ2n) is 6.29. The highest BCUT2D eigenvalue weighted by Crippen LogP contribution is 2.38. The molecular formula is C16H23BrFNO. The standard InChI is InChI=1S/C16H23BrFNO/c1-9(2)11-5-4-10(3)6-15(11)20-16-8-13(18)12(17)7-14(16)19/h7-11,15H,4-6,19H2,1-3H3. The van der Waals surface area contributed by atoms with Gasteiger partial charge < -0.3 is 10.5 Å². The Morgan fingerprint density at radius 3 is 2.70 bits per heavy atom. The molecule has 0 saturated heterocycles. The van der Waals surface area contributed by atoms with E-state index in [-0.39, 0.29) is 11.9 Å². The van der Waals surface area contributed by atoms with E-state index < -0.39 is 0 Å². The van der Waals surface area contributed by atoms with E-state index in [2.05, 4.69) is 36.7 Å². The number of halogens is 2. The molecule has 2 nitrogen and oxygen atoms in total. The molecule has 0 amide bonds. The highest BCUT2D eigenvalue weighted by molar-refractivity contribution is 9.10. The molecule has 0 radical (unpaired) electrons. The normalized spacial score (nSPS) is 26.8. The van der Waals surface area contributed by atoms with Crippen LogP contribution >= 0.6 is 15.9 Å². The van der Waals surface area contributed by atoms with Crippen LogP contribution in [-0.2, 0) is 0 Å². The van der Waals surface area contributed by atoms with E-state index in [9.17, 15) is 4.39 Å². The first-order valence-electron chi connectivity index (χ1n) is 7.29. The topological polar surface area (TPSA) is 35.2 Å². The molecular weight excluding hydrogens is 321 g/mol. The molecule has 1 aliphatic carbocycles. The molecule has 0 aromatic heterocycles. The number of benzene rings is 1. The van der Waals surface area contributed by atoms with Gasteiger partial charge in [-0.05, 0) is 52.6 Å². The molecule has 0 bridgehead atoms. The van der Waals surface area contributed by atoms with Crippen LogP contribution in [-0.4, -0.2) is 6.10 Å². The van der Waals surface area contributed by atoms with Crippen molar-refractivity contribution in [1.82, 2.24) is 0 Å². The summed E-state index contributed by atoms with van der Waals surface area (Å²) in [6, 6.07) is 2.96. The molecule has 0 aliphatic heterocycles. The Balaban J connectivity index is 2.20. The van der Waals surface area contributed by atoms with Gasteiger partial charge in [0.05, 0.1) is 10.2 Å². The fourth-order valence-corrected chi connectivity index (χ4v) is 3.42. The highest BCUT2D eigenvalue weighted by atomic mass is 79.9. The van der Waals surface area contributed by atoms with Crippen molar-refractivity contribution in [3.8, 4) is 5.75 Å². The van der Waals surface area contributed by atoms with Gasteiger partial charge in [0.1, 0.15) is 17.7 Å². The van der Waals surface area contributed by atoms with E-state index >= 15 is 0 Å². The molecule has 1 aromatic carbocycles. The van der Waals surface area contributed by atoms with Gasteiger partial charge in [0, 0.05) is 6.07 Å². The molecule has 3 atom stereocenters. The van der Waals surface area contributed by atoms with E-state index in [4.69, 9.17) is 10.5 Å². The monoisotopic (exact) mass is 343 g/mol. The van der Waals surface area contributed by atoms with Gasteiger partial charge in [-0.25, -0.2) is 4.39 Å². The van der Waals surface area contributed by atoms with Crippen molar-refractivity contribution in [1.29, 1.82) is 0 Å². The maximum atomic E-state index is 13.7. The largest absolute Gasteiger partial charge is 0.488 e. The molecule has 1 fully saturated rings. The molecule has 1 aliphatic rings. The van der Waals surface area contributed by atoms with Crippen LogP contribution in [0.25, 0.3) is 0 Å². The van der Waals surface area contributed by atoms with Crippen molar-refractivity contribution in [2.45, 2.75) is 46.1 Å². The van der Waals surface area contributed by atoms with Crippen LogP contribution in [0.1, 0.15) is 40.0 Å². The van der Waals surface area contributed by atoms with E-state index in [1.807, 2.05) is 0 Å². The average Bonchev–Trinajstić information content (AvgIpc) is 2.35. The molecule has 20 heavy (non-hydrogen) atoms. The molecule has 112 valence electrons. The number of ether oxygens (including phenoxy) is 1. The Morgan fingerprint density at radius 1 is 1.35 bits per heavy atom. The smallest absolute Gasteiger partial charge is 0.145 e. The first kappa shape index (κ1) is 15.6. The quantitative estimate of drug-likeness (QED) is 0.783. The van der Waals surface area contributed by atoms with E-state index in [1.54, 1.807) is 6.07 Å². The maximum absolute atomic E-state index is 13.7. The predicted octanol–water partition coefficient (Wildman–Crippen LogP) is 5.01. The lowest BCUT2D eigenvalue weighted by Crippen LogP contribution is -2.36. The zero-order valence-corrected chi connectivity index (χ0v) is 13.9. The summed E-state index contributed by atoms with van der Waals surface area (Å²) < 4.78 is 20.1. The Morgan fingerprint density at radius 2 is 2.05 bits per heavy atom. The summed E-state index contributed by atoms with van der Waals surface area (Å²) in [5.41, 5.74) is 6.43. The Bertz CT molecular complexity index is 478. The Hall–Kier alpha value is -0.770. The van der Waals surface area contributed by atoms with E-state index in [0.29, 0.717) is 33.7 Å². The number of anilines is 1. The first-order chi connectivity index (χ1) is 9.38. The third-order valence-electron chi connectivity index (χ3n) is 4.29. The van der Waals surface area contributed by atoms with Gasteiger partial charge >= 0.3 is 0 Å². The molecule has 0 spiro atoms. The molecule has 4 heteroatoms. The molecule has 0 heterocycles. The SMILES string of the molecule is CC1CCC(C(C)C)C(Oc2cc(F)c(Br)cc2N)C1. The van der Waals surface area contributed by atoms with Crippen LogP contribution in [0.15, 0.2) is 16.6 Å². The predicted molar refractivity (Wildman–Crippen MR) is 84.3 cm³/mol. The third kappa shape index (κ3) is 3.46. The summed E-state index contributed by atoms with van der Waals surface area (Å²) in [4.78, 5) is 0. The zero-order chi connectivity index (χ0) is 14.9. The van der Waals surface area contributed by atoms with Gasteiger partial charge in [-0.15, -0.1) is 0 Å². The number of nitrogen functional groups attached to an aromatic ring is 1. The van der Waals surface area contributed by atoms with E-state index in [1.165, 1.54) is 18.9 Å². The Kier molecular flexibility index (Phi) is 4.95. The number of rotatable bonds is 3. The first-order valence-corrected chi connectivity index (χ1v) is 8.09. The van der Waals surface area contributed by atoms with Crippen molar-refractivity contribution in [2.24, 2.45) is 17.8 Å². The van der Waals surface area contributed by atoms with Crippen LogP contribution in [0.4, 0.5) is 10.1 Å². The lowest BCUT2D eigenvalue weighted by molar-refractivity contribution is 0.0463. The summed E-state index contributed by atoms with van der Waals surface area (Å²) in [5, 5.41) is 0.